The van der Waals surface area contributed by atoms with Crippen molar-refractivity contribution in [1.29, 1.82) is 0 Å². The Bertz CT molecular complexity index is 823. The first-order valence-corrected chi connectivity index (χ1v) is 12.0. The van der Waals surface area contributed by atoms with Crippen LogP contribution in [0.25, 0.3) is 0 Å². The molecule has 0 saturated carbocycles. The van der Waals surface area contributed by atoms with Crippen molar-refractivity contribution in [2.24, 2.45) is 0 Å². The zero-order valence-electron chi connectivity index (χ0n) is 18.2. The van der Waals surface area contributed by atoms with Gasteiger partial charge in [-0.2, -0.15) is 4.98 Å². The van der Waals surface area contributed by atoms with Crippen LogP contribution in [0.1, 0.15) is 37.4 Å². The molecule has 1 saturated heterocycles. The van der Waals surface area contributed by atoms with Gasteiger partial charge in [0.2, 0.25) is 5.91 Å². The molecular formula is C21H32N4O5S. The Morgan fingerprint density at radius 2 is 1.97 bits per heavy atom. The molecule has 1 fully saturated rings. The molecule has 1 amide bonds. The van der Waals surface area contributed by atoms with Crippen molar-refractivity contribution in [1.82, 2.24) is 19.8 Å². The number of esters is 1. The number of fused-ring (bicyclic) bond motifs is 1. The van der Waals surface area contributed by atoms with Gasteiger partial charge in [-0.25, -0.2) is 4.79 Å². The molecule has 172 valence electrons. The summed E-state index contributed by atoms with van der Waals surface area (Å²) in [5, 5.41) is 3.19. The van der Waals surface area contributed by atoms with Crippen LogP contribution in [-0.4, -0.2) is 78.1 Å². The van der Waals surface area contributed by atoms with Crippen molar-refractivity contribution < 1.29 is 19.1 Å². The molecule has 3 rings (SSSR count). The minimum atomic E-state index is -0.462. The molecule has 2 aliphatic rings. The first-order valence-electron chi connectivity index (χ1n) is 11.1. The van der Waals surface area contributed by atoms with Gasteiger partial charge in [0, 0.05) is 37.4 Å². The summed E-state index contributed by atoms with van der Waals surface area (Å²) in [4.78, 5) is 42.9. The van der Waals surface area contributed by atoms with Crippen LogP contribution in [0.15, 0.2) is 9.82 Å². The lowest BCUT2D eigenvalue weighted by Gasteiger charge is -2.27. The van der Waals surface area contributed by atoms with Crippen LogP contribution in [0.4, 0.5) is 0 Å². The number of hydrogen-bond acceptors (Lipinski definition) is 8. The normalized spacial score (nSPS) is 16.5. The van der Waals surface area contributed by atoms with Crippen LogP contribution in [-0.2, 0) is 38.4 Å². The van der Waals surface area contributed by atoms with Crippen LogP contribution in [0.2, 0.25) is 0 Å². The summed E-state index contributed by atoms with van der Waals surface area (Å²) in [5.41, 5.74) is 1.93. The maximum absolute atomic E-state index is 12.8. The molecular weight excluding hydrogens is 420 g/mol. The minimum Gasteiger partial charge on any atom is -0.465 e. The molecule has 10 heteroatoms. The van der Waals surface area contributed by atoms with Crippen molar-refractivity contribution in [3.63, 3.8) is 0 Å². The van der Waals surface area contributed by atoms with Gasteiger partial charge in [0.05, 0.1) is 25.6 Å². The number of thioether (sulfide) groups is 1. The average molecular weight is 453 g/mol. The van der Waals surface area contributed by atoms with Crippen molar-refractivity contribution in [2.75, 3.05) is 51.8 Å². The molecule has 0 aromatic carbocycles. The zero-order valence-corrected chi connectivity index (χ0v) is 19.0. The topological polar surface area (TPSA) is 103 Å². The maximum atomic E-state index is 12.8. The number of nitrogens with zero attached hydrogens (tertiary/aromatic N) is 3. The summed E-state index contributed by atoms with van der Waals surface area (Å²) in [6.45, 7) is 6.89. The largest absolute Gasteiger partial charge is 0.465 e. The average Bonchev–Trinajstić information content (AvgIpc) is 2.78. The summed E-state index contributed by atoms with van der Waals surface area (Å²) in [5.74, 6) is -0.630. The molecule has 31 heavy (non-hydrogen) atoms. The van der Waals surface area contributed by atoms with E-state index in [-0.39, 0.29) is 30.5 Å². The predicted octanol–water partition coefficient (Wildman–Crippen LogP) is 0.616. The number of nitrogens with one attached hydrogen (secondary N) is 1. The summed E-state index contributed by atoms with van der Waals surface area (Å²) in [6, 6.07) is 0. The van der Waals surface area contributed by atoms with Gasteiger partial charge in [0.15, 0.2) is 0 Å². The van der Waals surface area contributed by atoms with Crippen LogP contribution < -0.4 is 11.0 Å². The molecule has 0 bridgehead atoms. The van der Waals surface area contributed by atoms with Crippen LogP contribution in [0.3, 0.4) is 0 Å². The predicted molar refractivity (Wildman–Crippen MR) is 117 cm³/mol. The third-order valence-corrected chi connectivity index (χ3v) is 6.50. The number of carbonyl (C=O) groups is 2. The van der Waals surface area contributed by atoms with Crippen molar-refractivity contribution in [3.8, 4) is 0 Å². The van der Waals surface area contributed by atoms with E-state index in [1.54, 1.807) is 6.92 Å². The van der Waals surface area contributed by atoms with Crippen molar-refractivity contribution in [3.05, 3.63) is 21.7 Å². The van der Waals surface area contributed by atoms with E-state index in [0.29, 0.717) is 11.6 Å². The van der Waals surface area contributed by atoms with E-state index in [1.165, 1.54) is 11.8 Å². The second kappa shape index (κ2) is 12.2. The Labute approximate surface area is 186 Å². The molecule has 1 aliphatic heterocycles. The number of amides is 1. The first kappa shape index (κ1) is 23.7. The Hall–Kier alpha value is -1.91. The molecule has 0 unspecified atom stereocenters. The van der Waals surface area contributed by atoms with E-state index >= 15 is 0 Å². The summed E-state index contributed by atoms with van der Waals surface area (Å²) in [7, 11) is 0. The molecule has 0 spiro atoms. The summed E-state index contributed by atoms with van der Waals surface area (Å²) >= 11 is 1.27. The highest BCUT2D eigenvalue weighted by Gasteiger charge is 2.21. The van der Waals surface area contributed by atoms with Gasteiger partial charge in [0.25, 0.3) is 0 Å². The van der Waals surface area contributed by atoms with Gasteiger partial charge >= 0.3 is 11.7 Å². The van der Waals surface area contributed by atoms with E-state index in [0.717, 1.165) is 76.2 Å². The second-order valence-corrected chi connectivity index (χ2v) is 8.63. The Morgan fingerprint density at radius 3 is 2.74 bits per heavy atom. The van der Waals surface area contributed by atoms with Gasteiger partial charge < -0.3 is 14.8 Å². The highest BCUT2D eigenvalue weighted by molar-refractivity contribution is 7.99. The van der Waals surface area contributed by atoms with E-state index < -0.39 is 5.97 Å². The number of aromatic nitrogens is 2. The summed E-state index contributed by atoms with van der Waals surface area (Å²) < 4.78 is 12.0. The molecule has 1 aromatic rings. The lowest BCUT2D eigenvalue weighted by molar-refractivity contribution is -0.143. The zero-order chi connectivity index (χ0) is 22.1. The molecule has 0 atom stereocenters. The fourth-order valence-corrected chi connectivity index (χ4v) is 4.85. The van der Waals surface area contributed by atoms with Crippen molar-refractivity contribution >= 4 is 23.6 Å². The van der Waals surface area contributed by atoms with Crippen molar-refractivity contribution in [2.45, 2.75) is 50.6 Å². The SMILES string of the molecule is CCOC(=O)CNC(=O)CSc1nc(=O)n(CCCN2CCOCC2)c2c1CCCC2. The number of rotatable bonds is 10. The quantitative estimate of drug-likeness (QED) is 0.313. The maximum Gasteiger partial charge on any atom is 0.348 e. The van der Waals surface area contributed by atoms with E-state index in [4.69, 9.17) is 9.47 Å². The molecule has 1 aliphatic carbocycles. The van der Waals surface area contributed by atoms with Gasteiger partial charge in [-0.05, 0) is 39.0 Å². The Morgan fingerprint density at radius 1 is 1.19 bits per heavy atom. The second-order valence-electron chi connectivity index (χ2n) is 7.66. The van der Waals surface area contributed by atoms with Gasteiger partial charge in [-0.15, -0.1) is 0 Å². The van der Waals surface area contributed by atoms with Gasteiger partial charge in [0.1, 0.15) is 11.6 Å². The van der Waals surface area contributed by atoms with E-state index in [2.05, 4.69) is 15.2 Å². The third-order valence-electron chi connectivity index (χ3n) is 5.49. The monoisotopic (exact) mass is 452 g/mol. The van der Waals surface area contributed by atoms with Gasteiger partial charge in [-0.3, -0.25) is 19.1 Å². The molecule has 1 aromatic heterocycles. The number of ether oxygens (including phenoxy) is 2. The van der Waals surface area contributed by atoms with Crippen LogP contribution >= 0.6 is 11.8 Å². The molecule has 2 heterocycles. The fraction of sp³-hybridized carbons (Fsp3) is 0.714. The first-order chi connectivity index (χ1) is 15.1. The molecule has 9 nitrogen and oxygen atoms in total. The van der Waals surface area contributed by atoms with E-state index in [1.807, 2.05) is 4.57 Å². The Kier molecular flexibility index (Phi) is 9.35. The highest BCUT2D eigenvalue weighted by atomic mass is 32.2. The van der Waals surface area contributed by atoms with Gasteiger partial charge in [-0.1, -0.05) is 11.8 Å². The number of morpholine rings is 1. The highest BCUT2D eigenvalue weighted by Crippen LogP contribution is 2.28. The fourth-order valence-electron chi connectivity index (χ4n) is 3.94. The van der Waals surface area contributed by atoms with Crippen LogP contribution in [0, 0.1) is 0 Å². The lowest BCUT2D eigenvalue weighted by atomic mass is 9.97. The number of hydrogen-bond donors (Lipinski definition) is 1. The summed E-state index contributed by atoms with van der Waals surface area (Å²) in [6.07, 6.45) is 4.76. The molecule has 0 radical (unpaired) electrons. The van der Waals surface area contributed by atoms with E-state index in [9.17, 15) is 14.4 Å². The minimum absolute atomic E-state index is 0.110. The standard InChI is InChI=1S/C21H32N4O5S/c1-2-30-19(27)14-22-18(26)15-31-20-16-6-3-4-7-17(16)25(21(28)23-20)9-5-8-24-10-12-29-13-11-24/h2-15H2,1H3,(H,22,26). The number of carbonyl (C=O) groups excluding carboxylic acids is 2. The lowest BCUT2D eigenvalue weighted by Crippen LogP contribution is -2.38. The Balaban J connectivity index is 1.60. The third kappa shape index (κ3) is 7.05. The van der Waals surface area contributed by atoms with Crippen LogP contribution in [0.5, 0.6) is 0 Å². The molecule has 1 N–H and O–H groups in total. The smallest absolute Gasteiger partial charge is 0.348 e.